The number of aromatic carboxylic acids is 1. The molecule has 9 heteroatoms. The summed E-state index contributed by atoms with van der Waals surface area (Å²) >= 11 is 1.15. The maximum Gasteiger partial charge on any atom is 0.348 e. The molecule has 3 aromatic heterocycles. The molecular formula is C27H31N5O3S. The molecule has 0 amide bonds. The number of aryl methyl sites for hydroxylation is 1. The van der Waals surface area contributed by atoms with E-state index >= 15 is 0 Å². The van der Waals surface area contributed by atoms with Gasteiger partial charge in [0.1, 0.15) is 15.5 Å². The van der Waals surface area contributed by atoms with E-state index in [2.05, 4.69) is 28.2 Å². The molecule has 1 atom stereocenters. The van der Waals surface area contributed by atoms with Crippen molar-refractivity contribution in [2.45, 2.75) is 44.8 Å². The highest BCUT2D eigenvalue weighted by Crippen LogP contribution is 2.37. The lowest BCUT2D eigenvalue weighted by Crippen LogP contribution is -2.44. The van der Waals surface area contributed by atoms with Crippen molar-refractivity contribution >= 4 is 49.9 Å². The van der Waals surface area contributed by atoms with Crippen LogP contribution in [0.15, 0.2) is 42.6 Å². The number of anilines is 2. The summed E-state index contributed by atoms with van der Waals surface area (Å²) in [6.07, 6.45) is 4.75. The van der Waals surface area contributed by atoms with Gasteiger partial charge in [0.05, 0.1) is 17.3 Å². The number of thiophene rings is 1. The second kappa shape index (κ2) is 10.4. The molecule has 0 spiro atoms. The van der Waals surface area contributed by atoms with Gasteiger partial charge >= 0.3 is 5.97 Å². The van der Waals surface area contributed by atoms with Crippen LogP contribution in [-0.4, -0.2) is 51.8 Å². The van der Waals surface area contributed by atoms with Crippen LogP contribution in [0.3, 0.4) is 0 Å². The number of carbonyl (C=O) groups is 1. The summed E-state index contributed by atoms with van der Waals surface area (Å²) < 4.78 is 0. The van der Waals surface area contributed by atoms with Crippen molar-refractivity contribution in [3.8, 4) is 0 Å². The number of hydrogen-bond acceptors (Lipinski definition) is 8. The van der Waals surface area contributed by atoms with Gasteiger partial charge in [-0.25, -0.2) is 9.78 Å². The van der Waals surface area contributed by atoms with E-state index in [1.54, 1.807) is 6.20 Å². The van der Waals surface area contributed by atoms with Crippen LogP contribution in [0.5, 0.6) is 0 Å². The minimum Gasteiger partial charge on any atom is -0.477 e. The molecule has 1 aromatic carbocycles. The molecule has 1 fully saturated rings. The lowest BCUT2D eigenvalue weighted by atomic mass is 10.0. The second-order valence-electron chi connectivity index (χ2n) is 9.33. The number of nitrogen functional groups attached to an aromatic ring is 1. The highest BCUT2D eigenvalue weighted by Gasteiger charge is 2.24. The van der Waals surface area contributed by atoms with Crippen molar-refractivity contribution in [2.24, 2.45) is 0 Å². The Bertz CT molecular complexity index is 1390. The fourth-order valence-electron chi connectivity index (χ4n) is 5.07. The maximum absolute atomic E-state index is 11.6. The summed E-state index contributed by atoms with van der Waals surface area (Å²) in [5.74, 6) is -0.127. The number of aliphatic hydroxyl groups excluding tert-OH is 1. The van der Waals surface area contributed by atoms with Crippen LogP contribution in [-0.2, 0) is 6.42 Å². The fraction of sp³-hybridized carbons (Fsp3) is 0.370. The van der Waals surface area contributed by atoms with E-state index in [1.807, 2.05) is 30.3 Å². The molecule has 5 N–H and O–H groups in total. The third-order valence-corrected chi connectivity index (χ3v) is 8.01. The quantitative estimate of drug-likeness (QED) is 0.278. The summed E-state index contributed by atoms with van der Waals surface area (Å²) in [4.78, 5) is 24.0. The zero-order chi connectivity index (χ0) is 25.2. The molecule has 0 saturated carbocycles. The number of nitrogens with two attached hydrogens (primary N) is 1. The van der Waals surface area contributed by atoms with E-state index in [-0.39, 0.29) is 4.88 Å². The standard InChI is InChI=1S/C27H31N5O3S/c1-2-5-17-14-21(31-26-22(17)23(28)25(36-26)27(34)35)32-12-9-18(10-13-32)30-15-20(33)19-8-3-6-16-7-4-11-29-24(16)19/h3-4,6-8,11,14,18,20,30,33H,2,5,9-10,12-13,15,28H2,1H3,(H,34,35). The van der Waals surface area contributed by atoms with Crippen molar-refractivity contribution < 1.29 is 15.0 Å². The Balaban J connectivity index is 1.25. The number of piperidine rings is 1. The summed E-state index contributed by atoms with van der Waals surface area (Å²) in [7, 11) is 0. The van der Waals surface area contributed by atoms with E-state index in [4.69, 9.17) is 10.7 Å². The monoisotopic (exact) mass is 505 g/mol. The number of nitrogens with zero attached hydrogens (tertiary/aromatic N) is 3. The molecule has 188 valence electrons. The van der Waals surface area contributed by atoms with Gasteiger partial charge in [0.25, 0.3) is 0 Å². The number of aliphatic hydroxyl groups is 1. The van der Waals surface area contributed by atoms with Crippen molar-refractivity contribution in [1.29, 1.82) is 0 Å². The molecule has 0 aliphatic carbocycles. The summed E-state index contributed by atoms with van der Waals surface area (Å²) in [5, 5.41) is 25.7. The van der Waals surface area contributed by atoms with Crippen LogP contribution in [0.4, 0.5) is 11.5 Å². The molecular weight excluding hydrogens is 474 g/mol. The van der Waals surface area contributed by atoms with E-state index in [9.17, 15) is 15.0 Å². The first-order valence-electron chi connectivity index (χ1n) is 12.4. The lowest BCUT2D eigenvalue weighted by Gasteiger charge is -2.34. The van der Waals surface area contributed by atoms with Crippen LogP contribution in [0.25, 0.3) is 21.1 Å². The number of pyridine rings is 2. The molecule has 8 nitrogen and oxygen atoms in total. The Morgan fingerprint density at radius 2 is 2.06 bits per heavy atom. The number of carboxylic acid groups (broad SMARTS) is 1. The topological polar surface area (TPSA) is 125 Å². The van der Waals surface area contributed by atoms with Crippen LogP contribution in [0, 0.1) is 0 Å². The van der Waals surface area contributed by atoms with Gasteiger partial charge in [0.2, 0.25) is 0 Å². The number of para-hydroxylation sites is 1. The predicted octanol–water partition coefficient (Wildman–Crippen LogP) is 4.37. The highest BCUT2D eigenvalue weighted by molar-refractivity contribution is 7.21. The van der Waals surface area contributed by atoms with Gasteiger partial charge in [-0.2, -0.15) is 0 Å². The molecule has 0 bridgehead atoms. The van der Waals surface area contributed by atoms with Gasteiger partial charge in [0, 0.05) is 48.2 Å². The highest BCUT2D eigenvalue weighted by atomic mass is 32.1. The number of aromatic nitrogens is 2. The molecule has 5 rings (SSSR count). The lowest BCUT2D eigenvalue weighted by molar-refractivity contribution is 0.0703. The maximum atomic E-state index is 11.6. The predicted molar refractivity (Wildman–Crippen MR) is 145 cm³/mol. The zero-order valence-corrected chi connectivity index (χ0v) is 21.1. The van der Waals surface area contributed by atoms with Crippen molar-refractivity contribution in [3.05, 3.63) is 58.6 Å². The number of rotatable bonds is 8. The third kappa shape index (κ3) is 4.74. The Morgan fingerprint density at radius 3 is 2.81 bits per heavy atom. The molecule has 4 aromatic rings. The van der Waals surface area contributed by atoms with Crippen LogP contribution in [0.2, 0.25) is 0 Å². The Labute approximate surface area is 213 Å². The molecule has 1 aliphatic rings. The Hall–Kier alpha value is -3.27. The molecule has 4 heterocycles. The summed E-state index contributed by atoms with van der Waals surface area (Å²) in [5.41, 5.74) is 9.26. The van der Waals surface area contributed by atoms with Crippen LogP contribution < -0.4 is 16.0 Å². The van der Waals surface area contributed by atoms with Crippen molar-refractivity contribution in [1.82, 2.24) is 15.3 Å². The first-order valence-corrected chi connectivity index (χ1v) is 13.2. The van der Waals surface area contributed by atoms with Gasteiger partial charge in [-0.15, -0.1) is 11.3 Å². The van der Waals surface area contributed by atoms with Crippen LogP contribution >= 0.6 is 11.3 Å². The van der Waals surface area contributed by atoms with E-state index in [1.165, 1.54) is 0 Å². The second-order valence-corrected chi connectivity index (χ2v) is 10.3. The number of carboxylic acids is 1. The first-order chi connectivity index (χ1) is 17.5. The Morgan fingerprint density at radius 1 is 1.28 bits per heavy atom. The van der Waals surface area contributed by atoms with Gasteiger partial charge < -0.3 is 26.2 Å². The molecule has 1 aliphatic heterocycles. The minimum atomic E-state index is -1.01. The zero-order valence-electron chi connectivity index (χ0n) is 20.3. The molecule has 1 saturated heterocycles. The van der Waals surface area contributed by atoms with Crippen molar-refractivity contribution in [3.63, 3.8) is 0 Å². The third-order valence-electron chi connectivity index (χ3n) is 6.92. The normalized spacial score (nSPS) is 15.6. The first kappa shape index (κ1) is 24.4. The summed E-state index contributed by atoms with van der Waals surface area (Å²) in [6, 6.07) is 12.2. The molecule has 0 radical (unpaired) electrons. The molecule has 1 unspecified atom stereocenters. The SMILES string of the molecule is CCCc1cc(N2CCC(NCC(O)c3cccc4cccnc34)CC2)nc2sc(C(=O)O)c(N)c12. The number of benzene rings is 1. The van der Waals surface area contributed by atoms with Gasteiger partial charge in [0.15, 0.2) is 0 Å². The van der Waals surface area contributed by atoms with E-state index in [0.29, 0.717) is 23.1 Å². The largest absolute Gasteiger partial charge is 0.477 e. The van der Waals surface area contributed by atoms with Gasteiger partial charge in [-0.1, -0.05) is 37.6 Å². The number of fused-ring (bicyclic) bond motifs is 2. The Kier molecular flexibility index (Phi) is 7.04. The fourth-order valence-corrected chi connectivity index (χ4v) is 6.04. The summed E-state index contributed by atoms with van der Waals surface area (Å²) in [6.45, 7) is 4.24. The van der Waals surface area contributed by atoms with Crippen molar-refractivity contribution in [2.75, 3.05) is 30.3 Å². The van der Waals surface area contributed by atoms with E-state index < -0.39 is 12.1 Å². The smallest absolute Gasteiger partial charge is 0.348 e. The number of hydrogen-bond donors (Lipinski definition) is 4. The van der Waals surface area contributed by atoms with Gasteiger partial charge in [-0.3, -0.25) is 4.98 Å². The minimum absolute atomic E-state index is 0.162. The van der Waals surface area contributed by atoms with Gasteiger partial charge in [-0.05, 0) is 37.0 Å². The molecule has 36 heavy (non-hydrogen) atoms. The number of nitrogens with one attached hydrogen (secondary N) is 1. The average Bonchev–Trinajstić information content (AvgIpc) is 3.24. The van der Waals surface area contributed by atoms with Crippen LogP contribution in [0.1, 0.15) is 53.1 Å². The van der Waals surface area contributed by atoms with E-state index in [0.717, 1.165) is 83.3 Å². The average molecular weight is 506 g/mol.